The molecule has 8 nitrogen and oxygen atoms in total. The van der Waals surface area contributed by atoms with Gasteiger partial charge < -0.3 is 16.1 Å². The molecule has 0 radical (unpaired) electrons. The highest BCUT2D eigenvalue weighted by Crippen LogP contribution is 2.39. The van der Waals surface area contributed by atoms with Gasteiger partial charge in [-0.25, -0.2) is 0 Å². The first-order valence-corrected chi connectivity index (χ1v) is 12.5. The van der Waals surface area contributed by atoms with Crippen molar-refractivity contribution in [2.24, 2.45) is 7.05 Å². The Labute approximate surface area is 222 Å². The molecule has 0 saturated heterocycles. The van der Waals surface area contributed by atoms with Gasteiger partial charge in [-0.05, 0) is 62.1 Å². The maximum absolute atomic E-state index is 13.7. The van der Waals surface area contributed by atoms with Crippen LogP contribution in [0.5, 0.6) is 0 Å². The van der Waals surface area contributed by atoms with Crippen LogP contribution in [-0.4, -0.2) is 21.7 Å². The molecule has 200 valence electrons. The molecule has 2 aromatic carbocycles. The highest BCUT2D eigenvalue weighted by Gasteiger charge is 2.35. The van der Waals surface area contributed by atoms with Gasteiger partial charge in [0, 0.05) is 48.3 Å². The van der Waals surface area contributed by atoms with E-state index in [0.717, 1.165) is 41.4 Å². The minimum absolute atomic E-state index is 0.0247. The van der Waals surface area contributed by atoms with Crippen molar-refractivity contribution in [1.29, 1.82) is 0 Å². The summed E-state index contributed by atoms with van der Waals surface area (Å²) in [5.74, 6) is -0.540. The lowest BCUT2D eigenvalue weighted by atomic mass is 10.1. The van der Waals surface area contributed by atoms with Crippen molar-refractivity contribution < 1.29 is 18.0 Å². The van der Waals surface area contributed by atoms with Crippen LogP contribution in [0.4, 0.5) is 24.5 Å². The third-order valence-electron chi connectivity index (χ3n) is 6.70. The Morgan fingerprint density at radius 2 is 1.97 bits per heavy atom. The Bertz CT molecular complexity index is 1430. The van der Waals surface area contributed by atoms with E-state index in [0.29, 0.717) is 5.69 Å². The van der Waals surface area contributed by atoms with E-state index in [-0.39, 0.29) is 34.4 Å². The van der Waals surface area contributed by atoms with Gasteiger partial charge in [0.15, 0.2) is 0 Å². The van der Waals surface area contributed by atoms with E-state index in [1.54, 1.807) is 34.1 Å². The van der Waals surface area contributed by atoms with Gasteiger partial charge in [0.2, 0.25) is 0 Å². The molecule has 4 N–H and O–H groups in total. The molecule has 1 fully saturated rings. The molecular weight excluding hydrogens is 519 g/mol. The normalized spacial score (nSPS) is 15.4. The first-order chi connectivity index (χ1) is 18.0. The SMILES string of the molecule is Cc1ccc(C(=O)Nc2cc(CNC3CC3)c(Cl)c(C(F)(F)F)c2)cc1N1C=C(c2cnn(C)c2C)NN1. The van der Waals surface area contributed by atoms with Crippen molar-refractivity contribution in [2.45, 2.75) is 45.5 Å². The van der Waals surface area contributed by atoms with E-state index in [1.807, 2.05) is 27.1 Å². The maximum atomic E-state index is 13.7. The number of carbonyl (C=O) groups excluding carboxylic acids is 1. The maximum Gasteiger partial charge on any atom is 0.417 e. The molecule has 1 aliphatic carbocycles. The summed E-state index contributed by atoms with van der Waals surface area (Å²) in [5.41, 5.74) is 10.1. The zero-order valence-corrected chi connectivity index (χ0v) is 21.8. The molecule has 0 spiro atoms. The Kier molecular flexibility index (Phi) is 6.84. The van der Waals surface area contributed by atoms with Gasteiger partial charge in [0.1, 0.15) is 0 Å². The molecule has 3 aromatic rings. The third kappa shape index (κ3) is 5.35. The fraction of sp³-hybridized carbons (Fsp3) is 0.308. The van der Waals surface area contributed by atoms with Crippen molar-refractivity contribution in [3.63, 3.8) is 0 Å². The molecule has 12 heteroatoms. The van der Waals surface area contributed by atoms with Gasteiger partial charge >= 0.3 is 6.18 Å². The highest BCUT2D eigenvalue weighted by atomic mass is 35.5. The van der Waals surface area contributed by atoms with Crippen LogP contribution in [0.15, 0.2) is 42.7 Å². The summed E-state index contributed by atoms with van der Waals surface area (Å²) in [7, 11) is 1.86. The lowest BCUT2D eigenvalue weighted by molar-refractivity contribution is -0.137. The zero-order valence-electron chi connectivity index (χ0n) is 21.0. The lowest BCUT2D eigenvalue weighted by Gasteiger charge is -2.19. The second kappa shape index (κ2) is 9.97. The number of nitrogens with one attached hydrogen (secondary N) is 4. The summed E-state index contributed by atoms with van der Waals surface area (Å²) in [4.78, 5) is 13.1. The summed E-state index contributed by atoms with van der Waals surface area (Å²) in [6, 6.07) is 7.72. The van der Waals surface area contributed by atoms with Crippen molar-refractivity contribution >= 4 is 34.6 Å². The molecule has 38 heavy (non-hydrogen) atoms. The molecule has 2 aliphatic rings. The average molecular weight is 546 g/mol. The smallest absolute Gasteiger partial charge is 0.322 e. The number of carbonyl (C=O) groups is 1. The van der Waals surface area contributed by atoms with E-state index in [1.165, 1.54) is 6.07 Å². The van der Waals surface area contributed by atoms with Crippen LogP contribution in [0.2, 0.25) is 5.02 Å². The number of aryl methyl sites for hydroxylation is 2. The van der Waals surface area contributed by atoms with E-state index >= 15 is 0 Å². The standard InChI is InChI=1S/C26H27ClF3N7O/c1-14-4-5-16(9-23(14)37-13-22(34-35-37)20-12-32-36(3)15(20)2)25(38)33-19-8-17(11-31-18-6-7-18)24(27)21(10-19)26(28,29)30/h4-5,8-10,12-13,18,31,34-35H,6-7,11H2,1-3H3,(H,33,38). The predicted octanol–water partition coefficient (Wildman–Crippen LogP) is 5.04. The molecule has 1 saturated carbocycles. The molecule has 0 atom stereocenters. The highest BCUT2D eigenvalue weighted by molar-refractivity contribution is 6.32. The van der Waals surface area contributed by atoms with Crippen molar-refractivity contribution in [3.8, 4) is 0 Å². The van der Waals surface area contributed by atoms with Crippen LogP contribution in [-0.2, 0) is 19.8 Å². The number of alkyl halides is 3. The predicted molar refractivity (Wildman–Crippen MR) is 140 cm³/mol. The van der Waals surface area contributed by atoms with Crippen molar-refractivity contribution in [1.82, 2.24) is 26.1 Å². The van der Waals surface area contributed by atoms with Crippen molar-refractivity contribution in [3.05, 3.63) is 81.3 Å². The van der Waals surface area contributed by atoms with Crippen LogP contribution in [0.25, 0.3) is 5.70 Å². The van der Waals surface area contributed by atoms with Gasteiger partial charge in [-0.1, -0.05) is 17.7 Å². The second-order valence-corrected chi connectivity index (χ2v) is 9.90. The van der Waals surface area contributed by atoms with E-state index in [2.05, 4.69) is 26.7 Å². The molecular formula is C26H27ClF3N7O. The molecule has 0 bridgehead atoms. The van der Waals surface area contributed by atoms with Gasteiger partial charge in [0.25, 0.3) is 5.91 Å². The number of halogens is 4. The van der Waals surface area contributed by atoms with Crippen LogP contribution >= 0.6 is 11.6 Å². The monoisotopic (exact) mass is 545 g/mol. The first kappa shape index (κ1) is 26.1. The summed E-state index contributed by atoms with van der Waals surface area (Å²) < 4.78 is 42.8. The molecule has 1 aliphatic heterocycles. The number of rotatable bonds is 7. The quantitative estimate of drug-likeness (QED) is 0.333. The second-order valence-electron chi connectivity index (χ2n) is 9.52. The Hall–Kier alpha value is -3.54. The number of aromatic nitrogens is 2. The van der Waals surface area contributed by atoms with Crippen LogP contribution in [0.1, 0.15) is 51.1 Å². The fourth-order valence-corrected chi connectivity index (χ4v) is 4.47. The summed E-state index contributed by atoms with van der Waals surface area (Å²) >= 11 is 6.10. The first-order valence-electron chi connectivity index (χ1n) is 12.1. The topological polar surface area (TPSA) is 86.2 Å². The number of hydrogen-bond acceptors (Lipinski definition) is 6. The Balaban J connectivity index is 1.39. The summed E-state index contributed by atoms with van der Waals surface area (Å²) in [6.45, 7) is 4.04. The van der Waals surface area contributed by atoms with Crippen LogP contribution in [0, 0.1) is 13.8 Å². The van der Waals surface area contributed by atoms with Gasteiger partial charge in [-0.2, -0.15) is 18.3 Å². The van der Waals surface area contributed by atoms with E-state index in [4.69, 9.17) is 11.6 Å². The number of anilines is 2. The third-order valence-corrected chi connectivity index (χ3v) is 7.14. The Morgan fingerprint density at radius 1 is 1.21 bits per heavy atom. The van der Waals surface area contributed by atoms with Crippen molar-refractivity contribution in [2.75, 3.05) is 10.3 Å². The van der Waals surface area contributed by atoms with Crippen LogP contribution in [0.3, 0.4) is 0 Å². The number of hydrogen-bond donors (Lipinski definition) is 4. The zero-order chi connectivity index (χ0) is 27.2. The van der Waals surface area contributed by atoms with E-state index in [9.17, 15) is 18.0 Å². The Morgan fingerprint density at radius 3 is 2.63 bits per heavy atom. The summed E-state index contributed by atoms with van der Waals surface area (Å²) in [6.07, 6.45) is 0.910. The van der Waals surface area contributed by atoms with E-state index < -0.39 is 17.6 Å². The molecule has 1 aromatic heterocycles. The minimum Gasteiger partial charge on any atom is -0.322 e. The molecule has 2 heterocycles. The summed E-state index contributed by atoms with van der Waals surface area (Å²) in [5, 5.41) is 11.4. The number of nitrogens with zero attached hydrogens (tertiary/aromatic N) is 3. The average Bonchev–Trinajstić information content (AvgIpc) is 3.47. The van der Waals surface area contributed by atoms with Gasteiger partial charge in [0.05, 0.1) is 28.2 Å². The number of benzene rings is 2. The molecule has 1 amide bonds. The largest absolute Gasteiger partial charge is 0.417 e. The molecule has 5 rings (SSSR count). The fourth-order valence-electron chi connectivity index (χ4n) is 4.19. The minimum atomic E-state index is -4.66. The number of amides is 1. The van der Waals surface area contributed by atoms with Gasteiger partial charge in [-0.3, -0.25) is 14.5 Å². The van der Waals surface area contributed by atoms with Gasteiger partial charge in [-0.15, -0.1) is 5.53 Å². The lowest BCUT2D eigenvalue weighted by Crippen LogP contribution is -2.36. The number of hydrazine groups is 2. The molecule has 0 unspecified atom stereocenters. The van der Waals surface area contributed by atoms with Crippen LogP contribution < -0.4 is 26.6 Å².